The zero-order valence-corrected chi connectivity index (χ0v) is 7.62. The number of carbonyl (C=O) groups excluding carboxylic acids is 2. The van der Waals surface area contributed by atoms with Gasteiger partial charge in [-0.2, -0.15) is 0 Å². The molecule has 0 radical (unpaired) electrons. The lowest BCUT2D eigenvalue weighted by Gasteiger charge is -2.30. The number of nitrogens with one attached hydrogen (secondary N) is 1. The minimum absolute atomic E-state index is 0.00360. The van der Waals surface area contributed by atoms with Crippen LogP contribution in [0.1, 0.15) is 13.3 Å². The van der Waals surface area contributed by atoms with Crippen LogP contribution in [0.2, 0.25) is 0 Å². The normalized spacial score (nSPS) is 23.2. The zero-order valence-electron chi connectivity index (χ0n) is 7.62. The van der Waals surface area contributed by atoms with E-state index in [4.69, 9.17) is 5.11 Å². The van der Waals surface area contributed by atoms with Crippen molar-refractivity contribution in [3.05, 3.63) is 0 Å². The molecule has 5 heteroatoms. The van der Waals surface area contributed by atoms with Crippen molar-refractivity contribution in [2.45, 2.75) is 19.4 Å². The number of aliphatic hydroxyl groups is 1. The smallest absolute Gasteiger partial charge is 0.311 e. The van der Waals surface area contributed by atoms with Gasteiger partial charge >= 0.3 is 11.8 Å². The molecule has 13 heavy (non-hydrogen) atoms. The number of piperazine rings is 1. The number of hydrogen-bond donors (Lipinski definition) is 2. The highest BCUT2D eigenvalue weighted by atomic mass is 16.3. The van der Waals surface area contributed by atoms with Crippen molar-refractivity contribution in [3.63, 3.8) is 0 Å². The summed E-state index contributed by atoms with van der Waals surface area (Å²) in [6.45, 7) is 2.87. The average molecular weight is 186 g/mol. The molecular weight excluding hydrogens is 172 g/mol. The molecule has 5 nitrogen and oxygen atoms in total. The number of amides is 2. The first kappa shape index (κ1) is 9.98. The van der Waals surface area contributed by atoms with E-state index in [-0.39, 0.29) is 12.6 Å². The maximum Gasteiger partial charge on any atom is 0.311 e. The van der Waals surface area contributed by atoms with Crippen molar-refractivity contribution in [1.29, 1.82) is 0 Å². The van der Waals surface area contributed by atoms with Crippen molar-refractivity contribution >= 4 is 11.8 Å². The van der Waals surface area contributed by atoms with E-state index >= 15 is 0 Å². The van der Waals surface area contributed by atoms with Gasteiger partial charge in [-0.1, -0.05) is 0 Å². The molecule has 1 aliphatic heterocycles. The molecule has 0 aromatic rings. The lowest BCUT2D eigenvalue weighted by molar-refractivity contribution is -0.149. The first-order valence-electron chi connectivity index (χ1n) is 4.35. The monoisotopic (exact) mass is 186 g/mol. The van der Waals surface area contributed by atoms with Crippen LogP contribution in [0.25, 0.3) is 0 Å². The summed E-state index contributed by atoms with van der Waals surface area (Å²) in [6, 6.07) is 0.00360. The summed E-state index contributed by atoms with van der Waals surface area (Å²) in [5, 5.41) is 11.1. The molecule has 0 spiro atoms. The third kappa shape index (κ3) is 2.42. The molecule has 0 aromatic heterocycles. The first-order valence-corrected chi connectivity index (χ1v) is 4.35. The second kappa shape index (κ2) is 4.23. The summed E-state index contributed by atoms with van der Waals surface area (Å²) >= 11 is 0. The predicted molar refractivity (Wildman–Crippen MR) is 45.9 cm³/mol. The Kier molecular flexibility index (Phi) is 3.25. The zero-order chi connectivity index (χ0) is 9.84. The maximum absolute atomic E-state index is 11.2. The average Bonchev–Trinajstić information content (AvgIpc) is 2.09. The van der Waals surface area contributed by atoms with Gasteiger partial charge in [-0.3, -0.25) is 9.59 Å². The molecular formula is C8H14N2O3. The van der Waals surface area contributed by atoms with Crippen molar-refractivity contribution in [2.75, 3.05) is 19.7 Å². The van der Waals surface area contributed by atoms with Crippen molar-refractivity contribution in [1.82, 2.24) is 10.2 Å². The number of aliphatic hydroxyl groups excluding tert-OH is 1. The molecule has 1 fully saturated rings. The van der Waals surface area contributed by atoms with E-state index in [0.717, 1.165) is 0 Å². The first-order chi connectivity index (χ1) is 6.15. The van der Waals surface area contributed by atoms with Gasteiger partial charge in [0.05, 0.1) is 0 Å². The molecule has 2 amide bonds. The van der Waals surface area contributed by atoms with Crippen molar-refractivity contribution in [3.8, 4) is 0 Å². The van der Waals surface area contributed by atoms with E-state index in [2.05, 4.69) is 5.32 Å². The quantitative estimate of drug-likeness (QED) is 0.539. The predicted octanol–water partition coefficient (Wildman–Crippen LogP) is -1.28. The molecule has 0 aromatic carbocycles. The van der Waals surface area contributed by atoms with Gasteiger partial charge in [-0.25, -0.2) is 0 Å². The van der Waals surface area contributed by atoms with Crippen LogP contribution in [0.15, 0.2) is 0 Å². The third-order valence-electron chi connectivity index (χ3n) is 1.94. The van der Waals surface area contributed by atoms with Gasteiger partial charge < -0.3 is 15.3 Å². The van der Waals surface area contributed by atoms with Crippen LogP contribution >= 0.6 is 0 Å². The Hall–Kier alpha value is -1.10. The summed E-state index contributed by atoms with van der Waals surface area (Å²) < 4.78 is 0. The van der Waals surface area contributed by atoms with Crippen LogP contribution < -0.4 is 5.32 Å². The molecule has 1 aliphatic rings. The molecule has 0 saturated carbocycles. The molecule has 0 aliphatic carbocycles. The van der Waals surface area contributed by atoms with Gasteiger partial charge in [0.1, 0.15) is 0 Å². The van der Waals surface area contributed by atoms with Crippen molar-refractivity contribution in [2.24, 2.45) is 0 Å². The van der Waals surface area contributed by atoms with Crippen LogP contribution in [0.4, 0.5) is 0 Å². The largest absolute Gasteiger partial charge is 0.396 e. The van der Waals surface area contributed by atoms with Gasteiger partial charge in [0.25, 0.3) is 0 Å². The van der Waals surface area contributed by atoms with Crippen molar-refractivity contribution < 1.29 is 14.7 Å². The molecule has 2 N–H and O–H groups in total. The topological polar surface area (TPSA) is 69.6 Å². The highest BCUT2D eigenvalue weighted by Crippen LogP contribution is 2.01. The summed E-state index contributed by atoms with van der Waals surface area (Å²) in [4.78, 5) is 23.7. The lowest BCUT2D eigenvalue weighted by atomic mass is 10.2. The molecule has 1 heterocycles. The van der Waals surface area contributed by atoms with E-state index in [9.17, 15) is 9.59 Å². The van der Waals surface area contributed by atoms with Crippen LogP contribution in [-0.4, -0.2) is 47.6 Å². The fraction of sp³-hybridized carbons (Fsp3) is 0.750. The molecule has 74 valence electrons. The Morgan fingerprint density at radius 3 is 2.92 bits per heavy atom. The van der Waals surface area contributed by atoms with E-state index in [1.807, 2.05) is 6.92 Å². The van der Waals surface area contributed by atoms with E-state index in [1.54, 1.807) is 0 Å². The Balaban J connectivity index is 2.51. The van der Waals surface area contributed by atoms with Gasteiger partial charge in [0.2, 0.25) is 0 Å². The molecule has 1 atom stereocenters. The summed E-state index contributed by atoms with van der Waals surface area (Å²) in [5.74, 6) is -1.04. The highest BCUT2D eigenvalue weighted by Gasteiger charge is 2.29. The summed E-state index contributed by atoms with van der Waals surface area (Å²) in [7, 11) is 0. The Morgan fingerprint density at radius 2 is 2.31 bits per heavy atom. The summed E-state index contributed by atoms with van der Waals surface area (Å²) in [5.41, 5.74) is 0. The van der Waals surface area contributed by atoms with Crippen LogP contribution in [-0.2, 0) is 9.59 Å². The van der Waals surface area contributed by atoms with Crippen LogP contribution in [0, 0.1) is 0 Å². The summed E-state index contributed by atoms with van der Waals surface area (Å²) in [6.07, 6.45) is 0.520. The maximum atomic E-state index is 11.2. The molecule has 1 saturated heterocycles. The lowest BCUT2D eigenvalue weighted by Crippen LogP contribution is -2.56. The van der Waals surface area contributed by atoms with Gasteiger partial charge in [-0.05, 0) is 13.3 Å². The number of carbonyl (C=O) groups is 2. The minimum atomic E-state index is -0.545. The van der Waals surface area contributed by atoms with Gasteiger partial charge in [-0.15, -0.1) is 0 Å². The van der Waals surface area contributed by atoms with E-state index < -0.39 is 11.8 Å². The van der Waals surface area contributed by atoms with E-state index in [1.165, 1.54) is 4.90 Å². The Bertz CT molecular complexity index is 217. The van der Waals surface area contributed by atoms with Gasteiger partial charge in [0, 0.05) is 25.7 Å². The van der Waals surface area contributed by atoms with Gasteiger partial charge in [0.15, 0.2) is 0 Å². The second-order valence-electron chi connectivity index (χ2n) is 3.20. The highest BCUT2D eigenvalue weighted by molar-refractivity contribution is 6.35. The standard InChI is InChI=1S/C8H14N2O3/c1-6-5-10(3-2-4-11)8(13)7(12)9-6/h6,11H,2-5H2,1H3,(H,9,12). The van der Waals surface area contributed by atoms with Crippen LogP contribution in [0.3, 0.4) is 0 Å². The van der Waals surface area contributed by atoms with E-state index in [0.29, 0.717) is 19.5 Å². The van der Waals surface area contributed by atoms with Crippen LogP contribution in [0.5, 0.6) is 0 Å². The molecule has 1 rings (SSSR count). The SMILES string of the molecule is CC1CN(CCCO)C(=O)C(=O)N1. The number of rotatable bonds is 3. The second-order valence-corrected chi connectivity index (χ2v) is 3.20. The Labute approximate surface area is 76.7 Å². The fourth-order valence-corrected chi connectivity index (χ4v) is 1.34. The number of nitrogens with zero attached hydrogens (tertiary/aromatic N) is 1. The Morgan fingerprint density at radius 1 is 1.62 bits per heavy atom. The minimum Gasteiger partial charge on any atom is -0.396 e. The number of hydrogen-bond acceptors (Lipinski definition) is 3. The molecule has 1 unspecified atom stereocenters. The molecule has 0 bridgehead atoms. The third-order valence-corrected chi connectivity index (χ3v) is 1.94. The fourth-order valence-electron chi connectivity index (χ4n) is 1.34.